The number of methoxy groups -OCH3 is 1. The first-order valence-electron chi connectivity index (χ1n) is 10.6. The summed E-state index contributed by atoms with van der Waals surface area (Å²) in [6.07, 6.45) is 1.60. The number of rotatable bonds is 7. The van der Waals surface area contributed by atoms with Crippen LogP contribution in [0.2, 0.25) is 5.02 Å². The number of ether oxygens (including phenoxy) is 3. The van der Waals surface area contributed by atoms with Crippen LogP contribution in [0.3, 0.4) is 0 Å². The molecule has 10 heteroatoms. The van der Waals surface area contributed by atoms with Crippen molar-refractivity contribution in [2.75, 3.05) is 40.0 Å². The first-order chi connectivity index (χ1) is 16.5. The highest BCUT2D eigenvalue weighted by molar-refractivity contribution is 8.18. The van der Waals surface area contributed by atoms with Crippen molar-refractivity contribution < 1.29 is 28.6 Å². The predicted octanol–water partition coefficient (Wildman–Crippen LogP) is 3.82. The van der Waals surface area contributed by atoms with Gasteiger partial charge in [-0.2, -0.15) is 0 Å². The van der Waals surface area contributed by atoms with E-state index in [0.29, 0.717) is 48.4 Å². The molecule has 2 fully saturated rings. The van der Waals surface area contributed by atoms with Crippen LogP contribution in [0.5, 0.6) is 11.5 Å². The van der Waals surface area contributed by atoms with Gasteiger partial charge in [0.05, 0.1) is 25.2 Å². The standard InChI is InChI=1S/C24H23ClN2O6S/c1-31-20-12-16(6-7-19(20)33-15-17-4-2-3-5-18(17)25)13-21-23(29)27(24(30)34-21)14-22(28)26-8-10-32-11-9-26/h2-7,12-13H,8-11,14-15H2,1H3/b21-13-. The molecule has 8 nitrogen and oxygen atoms in total. The molecule has 0 atom stereocenters. The van der Waals surface area contributed by atoms with Crippen LogP contribution in [-0.2, 0) is 20.9 Å². The summed E-state index contributed by atoms with van der Waals surface area (Å²) in [4.78, 5) is 40.5. The Bertz CT molecular complexity index is 1130. The lowest BCUT2D eigenvalue weighted by molar-refractivity contribution is -0.139. The zero-order chi connectivity index (χ0) is 24.1. The Balaban J connectivity index is 1.44. The molecule has 0 radical (unpaired) electrons. The van der Waals surface area contributed by atoms with Gasteiger partial charge in [-0.05, 0) is 41.6 Å². The first kappa shape index (κ1) is 24.1. The van der Waals surface area contributed by atoms with E-state index in [1.807, 2.05) is 18.2 Å². The third kappa shape index (κ3) is 5.55. The zero-order valence-corrected chi connectivity index (χ0v) is 20.1. The molecule has 2 saturated heterocycles. The van der Waals surface area contributed by atoms with Crippen LogP contribution in [0, 0.1) is 0 Å². The maximum atomic E-state index is 12.8. The topological polar surface area (TPSA) is 85.4 Å². The summed E-state index contributed by atoms with van der Waals surface area (Å²) in [5.74, 6) is 0.231. The Labute approximate surface area is 206 Å². The number of carbonyl (C=O) groups excluding carboxylic acids is 3. The number of amides is 3. The molecular weight excluding hydrogens is 480 g/mol. The van der Waals surface area contributed by atoms with Crippen molar-refractivity contribution in [1.29, 1.82) is 0 Å². The van der Waals surface area contributed by atoms with E-state index in [9.17, 15) is 14.4 Å². The second kappa shape index (κ2) is 10.9. The van der Waals surface area contributed by atoms with Gasteiger partial charge in [0, 0.05) is 23.7 Å². The maximum Gasteiger partial charge on any atom is 0.294 e. The van der Waals surface area contributed by atoms with E-state index in [2.05, 4.69) is 0 Å². The van der Waals surface area contributed by atoms with Crippen LogP contribution in [0.25, 0.3) is 6.08 Å². The Morgan fingerprint density at radius 3 is 2.65 bits per heavy atom. The smallest absolute Gasteiger partial charge is 0.294 e. The first-order valence-corrected chi connectivity index (χ1v) is 11.8. The van der Waals surface area contributed by atoms with Crippen LogP contribution in [0.15, 0.2) is 47.4 Å². The van der Waals surface area contributed by atoms with E-state index >= 15 is 0 Å². The third-order valence-electron chi connectivity index (χ3n) is 5.36. The summed E-state index contributed by atoms with van der Waals surface area (Å²) in [5, 5.41) is 0.144. The van der Waals surface area contributed by atoms with E-state index in [1.54, 1.807) is 35.2 Å². The van der Waals surface area contributed by atoms with Gasteiger partial charge in [-0.1, -0.05) is 35.9 Å². The Hall–Kier alpha value is -3.01. The van der Waals surface area contributed by atoms with Gasteiger partial charge in [0.15, 0.2) is 11.5 Å². The fourth-order valence-electron chi connectivity index (χ4n) is 3.50. The normalized spacial score (nSPS) is 17.4. The average Bonchev–Trinajstić information content (AvgIpc) is 3.11. The SMILES string of the molecule is COc1cc(/C=C2\SC(=O)N(CC(=O)N3CCOCC3)C2=O)ccc1OCc1ccccc1Cl. The molecule has 0 unspecified atom stereocenters. The highest BCUT2D eigenvalue weighted by Gasteiger charge is 2.37. The van der Waals surface area contributed by atoms with Gasteiger partial charge in [0.25, 0.3) is 11.1 Å². The number of thioether (sulfide) groups is 1. The van der Waals surface area contributed by atoms with Gasteiger partial charge >= 0.3 is 0 Å². The third-order valence-corrected chi connectivity index (χ3v) is 6.63. The summed E-state index contributed by atoms with van der Waals surface area (Å²) in [6.45, 7) is 1.80. The minimum absolute atomic E-state index is 0.242. The van der Waals surface area contributed by atoms with E-state index < -0.39 is 11.1 Å². The Morgan fingerprint density at radius 2 is 1.91 bits per heavy atom. The molecule has 4 rings (SSSR count). The van der Waals surface area contributed by atoms with Crippen molar-refractivity contribution in [3.8, 4) is 11.5 Å². The summed E-state index contributed by atoms with van der Waals surface area (Å²) >= 11 is 6.99. The van der Waals surface area contributed by atoms with Gasteiger partial charge in [0.1, 0.15) is 13.2 Å². The molecule has 2 heterocycles. The van der Waals surface area contributed by atoms with Gasteiger partial charge in [-0.3, -0.25) is 19.3 Å². The van der Waals surface area contributed by atoms with Crippen LogP contribution >= 0.6 is 23.4 Å². The monoisotopic (exact) mass is 502 g/mol. The zero-order valence-electron chi connectivity index (χ0n) is 18.5. The van der Waals surface area contributed by atoms with Crippen LogP contribution in [-0.4, -0.2) is 66.8 Å². The van der Waals surface area contributed by atoms with Crippen LogP contribution < -0.4 is 9.47 Å². The lowest BCUT2D eigenvalue weighted by Gasteiger charge is -2.28. The van der Waals surface area contributed by atoms with Crippen LogP contribution in [0.1, 0.15) is 11.1 Å². The molecule has 0 spiro atoms. The van der Waals surface area contributed by atoms with Crippen molar-refractivity contribution in [2.45, 2.75) is 6.61 Å². The number of imide groups is 1. The summed E-state index contributed by atoms with van der Waals surface area (Å²) in [6, 6.07) is 12.6. The average molecular weight is 503 g/mol. The molecule has 2 aliphatic heterocycles. The number of halogens is 1. The quantitative estimate of drug-likeness (QED) is 0.532. The summed E-state index contributed by atoms with van der Waals surface area (Å²) < 4.78 is 16.5. The lowest BCUT2D eigenvalue weighted by atomic mass is 10.1. The van der Waals surface area contributed by atoms with Crippen molar-refractivity contribution >= 4 is 46.5 Å². The molecule has 178 valence electrons. The molecule has 0 aliphatic carbocycles. The molecule has 2 aliphatic rings. The lowest BCUT2D eigenvalue weighted by Crippen LogP contribution is -2.46. The van der Waals surface area contributed by atoms with E-state index in [-0.39, 0.29) is 24.0 Å². The molecule has 0 aromatic heterocycles. The van der Waals surface area contributed by atoms with E-state index in [4.69, 9.17) is 25.8 Å². The summed E-state index contributed by atoms with van der Waals surface area (Å²) in [5.41, 5.74) is 1.50. The number of benzene rings is 2. The van der Waals surface area contributed by atoms with Gasteiger partial charge < -0.3 is 19.1 Å². The number of hydrogen-bond donors (Lipinski definition) is 0. The van der Waals surface area contributed by atoms with Crippen molar-refractivity contribution in [1.82, 2.24) is 9.80 Å². The highest BCUT2D eigenvalue weighted by Crippen LogP contribution is 2.35. The number of hydrogen-bond acceptors (Lipinski definition) is 7. The fraction of sp³-hybridized carbons (Fsp3) is 0.292. The minimum atomic E-state index is -0.491. The second-order valence-electron chi connectivity index (χ2n) is 7.55. The number of morpholine rings is 1. The number of carbonyl (C=O) groups is 3. The maximum absolute atomic E-state index is 12.8. The minimum Gasteiger partial charge on any atom is -0.493 e. The van der Waals surface area contributed by atoms with Gasteiger partial charge in [-0.15, -0.1) is 0 Å². The highest BCUT2D eigenvalue weighted by atomic mass is 35.5. The summed E-state index contributed by atoms with van der Waals surface area (Å²) in [7, 11) is 1.52. The molecule has 2 aromatic rings. The van der Waals surface area contributed by atoms with Crippen LogP contribution in [0.4, 0.5) is 4.79 Å². The molecule has 0 N–H and O–H groups in total. The van der Waals surface area contributed by atoms with Gasteiger partial charge in [-0.25, -0.2) is 0 Å². The molecule has 34 heavy (non-hydrogen) atoms. The molecule has 2 aromatic carbocycles. The fourth-order valence-corrected chi connectivity index (χ4v) is 4.53. The molecular formula is C24H23ClN2O6S. The van der Waals surface area contributed by atoms with E-state index in [0.717, 1.165) is 22.2 Å². The van der Waals surface area contributed by atoms with Crippen molar-refractivity contribution in [2.24, 2.45) is 0 Å². The molecule has 3 amide bonds. The molecule has 0 saturated carbocycles. The second-order valence-corrected chi connectivity index (χ2v) is 8.95. The Kier molecular flexibility index (Phi) is 7.77. The molecule has 0 bridgehead atoms. The largest absolute Gasteiger partial charge is 0.493 e. The van der Waals surface area contributed by atoms with Crippen molar-refractivity contribution in [3.05, 3.63) is 63.5 Å². The Morgan fingerprint density at radius 1 is 1.15 bits per heavy atom. The van der Waals surface area contributed by atoms with Gasteiger partial charge in [0.2, 0.25) is 5.91 Å². The number of nitrogens with zero attached hydrogens (tertiary/aromatic N) is 2. The predicted molar refractivity (Wildman–Crippen MR) is 129 cm³/mol. The van der Waals surface area contributed by atoms with E-state index in [1.165, 1.54) is 7.11 Å². The van der Waals surface area contributed by atoms with Crippen molar-refractivity contribution in [3.63, 3.8) is 0 Å².